The molecule has 0 saturated carbocycles. The largest absolute Gasteiger partial charge is 0.494 e. The second-order valence-corrected chi connectivity index (χ2v) is 9.80. The van der Waals surface area contributed by atoms with Gasteiger partial charge in [0.15, 0.2) is 0 Å². The lowest BCUT2D eigenvalue weighted by molar-refractivity contribution is 0.0784. The van der Waals surface area contributed by atoms with Gasteiger partial charge in [0.2, 0.25) is 0 Å². The first-order valence-corrected chi connectivity index (χ1v) is 11.7. The molecule has 6 nitrogen and oxygen atoms in total. The van der Waals surface area contributed by atoms with Crippen LogP contribution in [0.2, 0.25) is 0 Å². The number of nitrogens with zero attached hydrogens (tertiary/aromatic N) is 2. The average molecular weight is 445 g/mol. The van der Waals surface area contributed by atoms with Crippen LogP contribution in [0.15, 0.2) is 70.3 Å². The Hall–Kier alpha value is -2.84. The first-order chi connectivity index (χ1) is 14.3. The fraction of sp³-hybridized carbons (Fsp3) is 0.227. The molecule has 3 aromatic rings. The topological polar surface area (TPSA) is 66.9 Å². The van der Waals surface area contributed by atoms with Crippen LogP contribution in [0.25, 0.3) is 0 Å². The highest BCUT2D eigenvalue weighted by Crippen LogP contribution is 2.26. The number of hydrogen-bond acceptors (Lipinski definition) is 5. The van der Waals surface area contributed by atoms with E-state index in [0.717, 1.165) is 11.3 Å². The molecule has 0 fully saturated rings. The van der Waals surface area contributed by atoms with E-state index < -0.39 is 10.0 Å². The molecular weight excluding hydrogens is 420 g/mol. The average Bonchev–Trinajstić information content (AvgIpc) is 3.30. The first-order valence-electron chi connectivity index (χ1n) is 9.43. The summed E-state index contributed by atoms with van der Waals surface area (Å²) < 4.78 is 32.4. The summed E-state index contributed by atoms with van der Waals surface area (Å²) in [6.07, 6.45) is 0. The third kappa shape index (κ3) is 4.66. The molecule has 0 radical (unpaired) electrons. The Morgan fingerprint density at radius 2 is 1.70 bits per heavy atom. The number of anilines is 1. The van der Waals surface area contributed by atoms with Crippen LogP contribution in [0.3, 0.4) is 0 Å². The minimum absolute atomic E-state index is 0.156. The molecule has 0 aliphatic heterocycles. The van der Waals surface area contributed by atoms with Crippen LogP contribution < -0.4 is 9.04 Å². The van der Waals surface area contributed by atoms with Gasteiger partial charge in [-0.25, -0.2) is 8.42 Å². The number of rotatable bonds is 8. The van der Waals surface area contributed by atoms with E-state index in [0.29, 0.717) is 24.4 Å². The highest BCUT2D eigenvalue weighted by molar-refractivity contribution is 7.94. The Morgan fingerprint density at radius 1 is 1.00 bits per heavy atom. The van der Waals surface area contributed by atoms with Crippen LogP contribution >= 0.6 is 11.3 Å². The van der Waals surface area contributed by atoms with Gasteiger partial charge in [-0.3, -0.25) is 9.10 Å². The van der Waals surface area contributed by atoms with E-state index in [1.165, 1.54) is 22.7 Å². The third-order valence-electron chi connectivity index (χ3n) is 4.61. The molecule has 8 heteroatoms. The zero-order chi connectivity index (χ0) is 21.7. The van der Waals surface area contributed by atoms with E-state index in [-0.39, 0.29) is 10.1 Å². The van der Waals surface area contributed by atoms with Crippen molar-refractivity contribution in [2.24, 2.45) is 0 Å². The monoisotopic (exact) mass is 444 g/mol. The number of carbonyl (C=O) groups is 1. The maximum absolute atomic E-state index is 12.8. The number of benzene rings is 2. The lowest BCUT2D eigenvalue weighted by Gasteiger charge is -2.21. The van der Waals surface area contributed by atoms with Gasteiger partial charge >= 0.3 is 0 Å². The van der Waals surface area contributed by atoms with Gasteiger partial charge in [-0.15, -0.1) is 11.3 Å². The smallest absolute Gasteiger partial charge is 0.273 e. The number of sulfonamides is 1. The number of ether oxygens (including phenoxy) is 1. The van der Waals surface area contributed by atoms with Crippen LogP contribution in [0, 0.1) is 0 Å². The molecular formula is C22H24N2O4S2. The number of thiophene rings is 1. The highest BCUT2D eigenvalue weighted by Gasteiger charge is 2.22. The molecule has 0 aliphatic carbocycles. The zero-order valence-corrected chi connectivity index (χ0v) is 18.7. The summed E-state index contributed by atoms with van der Waals surface area (Å²) in [4.78, 5) is 14.4. The summed E-state index contributed by atoms with van der Waals surface area (Å²) in [5.41, 5.74) is 1.90. The van der Waals surface area contributed by atoms with E-state index in [2.05, 4.69) is 0 Å². The quantitative estimate of drug-likeness (QED) is 0.521. The molecule has 0 atom stereocenters. The van der Waals surface area contributed by atoms with Gasteiger partial charge in [-0.1, -0.05) is 24.3 Å². The number of hydrogen-bond donors (Lipinski definition) is 0. The number of amides is 1. The van der Waals surface area contributed by atoms with E-state index in [1.807, 2.05) is 31.2 Å². The van der Waals surface area contributed by atoms with Crippen molar-refractivity contribution in [1.29, 1.82) is 0 Å². The molecule has 0 N–H and O–H groups in total. The van der Waals surface area contributed by atoms with E-state index in [9.17, 15) is 13.2 Å². The molecule has 158 valence electrons. The molecule has 1 amide bonds. The minimum atomic E-state index is -3.61. The fourth-order valence-corrected chi connectivity index (χ4v) is 5.33. The van der Waals surface area contributed by atoms with Crippen molar-refractivity contribution in [3.8, 4) is 5.75 Å². The van der Waals surface area contributed by atoms with Crippen LogP contribution in [0.1, 0.15) is 22.8 Å². The fourth-order valence-electron chi connectivity index (χ4n) is 2.98. The number of para-hydroxylation sites is 1. The van der Waals surface area contributed by atoms with Gasteiger partial charge in [0, 0.05) is 31.8 Å². The SMILES string of the molecule is CCOc1ccccc1CN(C)C(=O)c1ccc(N(C)S(=O)(=O)c2cccs2)cc1. The van der Waals surface area contributed by atoms with Crippen molar-refractivity contribution in [3.63, 3.8) is 0 Å². The predicted molar refractivity (Wildman–Crippen MR) is 120 cm³/mol. The van der Waals surface area contributed by atoms with Crippen molar-refractivity contribution >= 4 is 33.0 Å². The van der Waals surface area contributed by atoms with Gasteiger partial charge in [-0.05, 0) is 48.7 Å². The van der Waals surface area contributed by atoms with E-state index in [1.54, 1.807) is 53.7 Å². The molecule has 0 unspecified atom stereocenters. The van der Waals surface area contributed by atoms with Crippen molar-refractivity contribution in [1.82, 2.24) is 4.90 Å². The Balaban J connectivity index is 1.74. The zero-order valence-electron chi connectivity index (χ0n) is 17.1. The summed E-state index contributed by atoms with van der Waals surface area (Å²) in [6, 6.07) is 17.5. The summed E-state index contributed by atoms with van der Waals surface area (Å²) in [5, 5.41) is 1.72. The van der Waals surface area contributed by atoms with Crippen LogP contribution in [0.4, 0.5) is 5.69 Å². The summed E-state index contributed by atoms with van der Waals surface area (Å²) in [5.74, 6) is 0.604. The highest BCUT2D eigenvalue weighted by atomic mass is 32.2. The molecule has 0 spiro atoms. The van der Waals surface area contributed by atoms with Gasteiger partial charge in [0.25, 0.3) is 15.9 Å². The normalized spacial score (nSPS) is 11.2. The van der Waals surface area contributed by atoms with E-state index >= 15 is 0 Å². The maximum Gasteiger partial charge on any atom is 0.273 e. The Bertz CT molecular complexity index is 1090. The molecule has 0 saturated heterocycles. The van der Waals surface area contributed by atoms with Crippen LogP contribution in [0.5, 0.6) is 5.75 Å². The standard InChI is InChI=1S/C22H24N2O4S2/c1-4-28-20-9-6-5-8-18(20)16-23(2)22(25)17-11-13-19(14-12-17)24(3)30(26,27)21-10-7-15-29-21/h5-15H,4,16H2,1-3H3. The van der Waals surface area contributed by atoms with Crippen molar-refractivity contribution in [2.75, 3.05) is 25.0 Å². The summed E-state index contributed by atoms with van der Waals surface area (Å²) in [7, 11) is -0.375. The Labute approximate surface area is 181 Å². The van der Waals surface area contributed by atoms with Gasteiger partial charge in [0.05, 0.1) is 12.3 Å². The Morgan fingerprint density at radius 3 is 2.33 bits per heavy atom. The third-order valence-corrected chi connectivity index (χ3v) is 7.77. The van der Waals surface area contributed by atoms with Crippen LogP contribution in [-0.4, -0.2) is 39.9 Å². The van der Waals surface area contributed by atoms with Gasteiger partial charge < -0.3 is 9.64 Å². The number of carbonyl (C=O) groups excluding carboxylic acids is 1. The van der Waals surface area contributed by atoms with Crippen LogP contribution in [-0.2, 0) is 16.6 Å². The maximum atomic E-state index is 12.8. The second-order valence-electron chi connectivity index (χ2n) is 6.65. The molecule has 1 heterocycles. The molecule has 30 heavy (non-hydrogen) atoms. The Kier molecular flexibility index (Phi) is 6.79. The molecule has 0 aliphatic rings. The van der Waals surface area contributed by atoms with Crippen molar-refractivity contribution < 1.29 is 17.9 Å². The van der Waals surface area contributed by atoms with Crippen molar-refractivity contribution in [2.45, 2.75) is 17.7 Å². The first kappa shape index (κ1) is 21.9. The lowest BCUT2D eigenvalue weighted by atomic mass is 10.1. The molecule has 2 aromatic carbocycles. The molecule has 3 rings (SSSR count). The van der Waals surface area contributed by atoms with E-state index in [4.69, 9.17) is 4.74 Å². The molecule has 0 bridgehead atoms. The predicted octanol–water partition coefficient (Wildman–Crippen LogP) is 4.24. The minimum Gasteiger partial charge on any atom is -0.494 e. The van der Waals surface area contributed by atoms with Crippen molar-refractivity contribution in [3.05, 3.63) is 77.2 Å². The second kappa shape index (κ2) is 9.32. The van der Waals surface area contributed by atoms with Gasteiger partial charge in [0.1, 0.15) is 9.96 Å². The summed E-state index contributed by atoms with van der Waals surface area (Å²) >= 11 is 1.17. The lowest BCUT2D eigenvalue weighted by Crippen LogP contribution is -2.27. The molecule has 1 aromatic heterocycles. The van der Waals surface area contributed by atoms with Gasteiger partial charge in [-0.2, -0.15) is 0 Å². The summed E-state index contributed by atoms with van der Waals surface area (Å²) in [6.45, 7) is 2.88.